The number of rotatable bonds is 6. The van der Waals surface area contributed by atoms with Crippen LogP contribution in [0.1, 0.15) is 47.2 Å². The number of carbonyl (C=O) groups excluding carboxylic acids is 1. The Morgan fingerprint density at radius 1 is 1.19 bits per heavy atom. The van der Waals surface area contributed by atoms with E-state index in [-0.39, 0.29) is 11.7 Å². The highest BCUT2D eigenvalue weighted by molar-refractivity contribution is 6.30. The van der Waals surface area contributed by atoms with E-state index in [9.17, 15) is 9.59 Å². The van der Waals surface area contributed by atoms with Crippen molar-refractivity contribution in [2.24, 2.45) is 0 Å². The molecule has 1 aliphatic heterocycles. The Kier molecular flexibility index (Phi) is 6.53. The van der Waals surface area contributed by atoms with Gasteiger partial charge in [0.2, 0.25) is 5.43 Å². The van der Waals surface area contributed by atoms with E-state index < -0.39 is 11.3 Å². The molecule has 1 aromatic carbocycles. The maximum absolute atomic E-state index is 12.9. The third kappa shape index (κ3) is 4.89. The second-order valence-electron chi connectivity index (χ2n) is 7.72. The topological polar surface area (TPSA) is 80.4 Å². The van der Waals surface area contributed by atoms with Crippen LogP contribution in [0.4, 0.5) is 0 Å². The Balaban J connectivity index is 1.55. The van der Waals surface area contributed by atoms with Gasteiger partial charge in [0.15, 0.2) is 5.69 Å². The molecule has 1 N–H and O–H groups in total. The zero-order valence-electron chi connectivity index (χ0n) is 17.4. The van der Waals surface area contributed by atoms with Crippen LogP contribution in [-0.2, 0) is 0 Å². The lowest BCUT2D eigenvalue weighted by atomic mass is 10.1. The quantitative estimate of drug-likeness (QED) is 0.631. The second-order valence-corrected chi connectivity index (χ2v) is 8.16. The lowest BCUT2D eigenvalue weighted by molar-refractivity contribution is 0.0906. The van der Waals surface area contributed by atoms with E-state index in [0.29, 0.717) is 17.3 Å². The van der Waals surface area contributed by atoms with E-state index in [0.717, 1.165) is 37.4 Å². The predicted octanol–water partition coefficient (Wildman–Crippen LogP) is 3.74. The van der Waals surface area contributed by atoms with Crippen LogP contribution < -0.4 is 10.7 Å². The van der Waals surface area contributed by atoms with Crippen molar-refractivity contribution < 1.29 is 9.21 Å². The first-order valence-electron chi connectivity index (χ1n) is 10.5. The predicted molar refractivity (Wildman–Crippen MR) is 119 cm³/mol. The van der Waals surface area contributed by atoms with Crippen LogP contribution in [0.3, 0.4) is 0 Å². The number of hydrogen-bond donors (Lipinski definition) is 1. The number of piperidine rings is 1. The standard InChI is InChI=1S/C23H25ClN4O3/c1-16-14-20(29)22(26-28(16)18-9-7-17(24)8-10-18)23(30)25-15-19(21-6-5-13-31-21)27-11-3-2-4-12-27/h5-10,13-14,19H,2-4,11-12,15H2,1H3,(H,25,30)/t19-/m0/s1. The van der Waals surface area contributed by atoms with Crippen LogP contribution in [0.2, 0.25) is 5.02 Å². The summed E-state index contributed by atoms with van der Waals surface area (Å²) in [5, 5.41) is 7.83. The average molecular weight is 441 g/mol. The molecule has 0 saturated carbocycles. The van der Waals surface area contributed by atoms with Gasteiger partial charge in [-0.1, -0.05) is 18.0 Å². The molecule has 0 bridgehead atoms. The Hall–Kier alpha value is -2.90. The number of carbonyl (C=O) groups is 1. The number of halogens is 1. The third-order valence-electron chi connectivity index (χ3n) is 5.55. The van der Waals surface area contributed by atoms with Gasteiger partial charge < -0.3 is 9.73 Å². The number of hydrogen-bond acceptors (Lipinski definition) is 5. The van der Waals surface area contributed by atoms with Crippen molar-refractivity contribution in [1.29, 1.82) is 0 Å². The molecular formula is C23H25ClN4O3. The minimum Gasteiger partial charge on any atom is -0.468 e. The first-order chi connectivity index (χ1) is 15.0. The zero-order chi connectivity index (χ0) is 21.8. The van der Waals surface area contributed by atoms with Crippen LogP contribution in [-0.4, -0.2) is 40.2 Å². The van der Waals surface area contributed by atoms with Gasteiger partial charge in [0.05, 0.1) is 18.0 Å². The fourth-order valence-corrected chi connectivity index (χ4v) is 4.07. The van der Waals surface area contributed by atoms with E-state index in [1.807, 2.05) is 12.1 Å². The molecule has 0 spiro atoms. The molecule has 7 nitrogen and oxygen atoms in total. The maximum atomic E-state index is 12.9. The molecule has 1 fully saturated rings. The summed E-state index contributed by atoms with van der Waals surface area (Å²) in [6, 6.07) is 12.2. The van der Waals surface area contributed by atoms with Crippen LogP contribution in [0, 0.1) is 6.92 Å². The highest BCUT2D eigenvalue weighted by atomic mass is 35.5. The number of nitrogens with zero attached hydrogens (tertiary/aromatic N) is 3. The van der Waals surface area contributed by atoms with Crippen LogP contribution >= 0.6 is 11.6 Å². The summed E-state index contributed by atoms with van der Waals surface area (Å²) < 4.78 is 7.20. The molecule has 0 unspecified atom stereocenters. The third-order valence-corrected chi connectivity index (χ3v) is 5.80. The largest absolute Gasteiger partial charge is 0.468 e. The maximum Gasteiger partial charge on any atom is 0.275 e. The van der Waals surface area contributed by atoms with E-state index >= 15 is 0 Å². The summed E-state index contributed by atoms with van der Waals surface area (Å²) >= 11 is 5.97. The minimum atomic E-state index is -0.499. The van der Waals surface area contributed by atoms with Gasteiger partial charge in [-0.05, 0) is 69.3 Å². The fraction of sp³-hybridized carbons (Fsp3) is 0.348. The first-order valence-corrected chi connectivity index (χ1v) is 10.8. The number of aryl methyl sites for hydroxylation is 1. The summed E-state index contributed by atoms with van der Waals surface area (Å²) in [6.45, 7) is 4.01. The number of furan rings is 1. The number of likely N-dealkylation sites (tertiary alicyclic amines) is 1. The van der Waals surface area contributed by atoms with Crippen molar-refractivity contribution in [2.75, 3.05) is 19.6 Å². The van der Waals surface area contributed by atoms with Gasteiger partial charge in [-0.25, -0.2) is 4.68 Å². The summed E-state index contributed by atoms with van der Waals surface area (Å²) in [5.41, 5.74) is 0.800. The van der Waals surface area contributed by atoms with E-state index in [4.69, 9.17) is 16.0 Å². The van der Waals surface area contributed by atoms with Crippen molar-refractivity contribution in [2.45, 2.75) is 32.2 Å². The molecule has 31 heavy (non-hydrogen) atoms. The van der Waals surface area contributed by atoms with Crippen LogP contribution in [0.25, 0.3) is 5.69 Å². The van der Waals surface area contributed by atoms with Gasteiger partial charge in [-0.2, -0.15) is 5.10 Å². The molecule has 0 aliphatic carbocycles. The van der Waals surface area contributed by atoms with Gasteiger partial charge in [0.25, 0.3) is 5.91 Å². The molecule has 4 rings (SSSR count). The highest BCUT2D eigenvalue weighted by Crippen LogP contribution is 2.24. The SMILES string of the molecule is Cc1cc(=O)c(C(=O)NC[C@@H](c2ccco2)N2CCCCC2)nn1-c1ccc(Cl)cc1. The number of benzene rings is 1. The van der Waals surface area contributed by atoms with E-state index in [2.05, 4.69) is 15.3 Å². The first kappa shape index (κ1) is 21.3. The zero-order valence-corrected chi connectivity index (χ0v) is 18.1. The van der Waals surface area contributed by atoms with Crippen molar-refractivity contribution >= 4 is 17.5 Å². The van der Waals surface area contributed by atoms with Gasteiger partial charge in [0.1, 0.15) is 5.76 Å². The van der Waals surface area contributed by atoms with E-state index in [1.165, 1.54) is 12.5 Å². The van der Waals surface area contributed by atoms with Crippen LogP contribution in [0.5, 0.6) is 0 Å². The van der Waals surface area contributed by atoms with Crippen molar-refractivity contribution in [1.82, 2.24) is 20.0 Å². The van der Waals surface area contributed by atoms with Gasteiger partial charge in [-0.3, -0.25) is 14.5 Å². The number of amides is 1. The van der Waals surface area contributed by atoms with Crippen molar-refractivity contribution in [3.05, 3.63) is 81.1 Å². The molecule has 1 atom stereocenters. The normalized spacial score (nSPS) is 15.5. The molecular weight excluding hydrogens is 416 g/mol. The molecule has 3 aromatic rings. The van der Waals surface area contributed by atoms with Gasteiger partial charge in [0, 0.05) is 23.3 Å². The molecule has 8 heteroatoms. The summed E-state index contributed by atoms with van der Waals surface area (Å²) in [5.74, 6) is 0.305. The summed E-state index contributed by atoms with van der Waals surface area (Å²) in [7, 11) is 0. The molecule has 0 radical (unpaired) electrons. The lowest BCUT2D eigenvalue weighted by Crippen LogP contribution is -2.41. The van der Waals surface area contributed by atoms with Crippen molar-refractivity contribution in [3.63, 3.8) is 0 Å². The monoisotopic (exact) mass is 440 g/mol. The molecule has 1 aliphatic rings. The summed E-state index contributed by atoms with van der Waals surface area (Å²) in [6.07, 6.45) is 5.10. The number of aromatic nitrogens is 2. The molecule has 2 aromatic heterocycles. The van der Waals surface area contributed by atoms with Gasteiger partial charge >= 0.3 is 0 Å². The van der Waals surface area contributed by atoms with Gasteiger partial charge in [-0.15, -0.1) is 0 Å². The molecule has 3 heterocycles. The Morgan fingerprint density at radius 2 is 1.94 bits per heavy atom. The minimum absolute atomic E-state index is 0.0804. The number of nitrogens with one attached hydrogen (secondary N) is 1. The molecule has 162 valence electrons. The Labute approximate surface area is 185 Å². The lowest BCUT2D eigenvalue weighted by Gasteiger charge is -2.33. The molecule has 1 amide bonds. The van der Waals surface area contributed by atoms with Crippen LogP contribution in [0.15, 0.2) is 57.9 Å². The summed E-state index contributed by atoms with van der Waals surface area (Å²) in [4.78, 5) is 27.7. The second kappa shape index (κ2) is 9.49. The van der Waals surface area contributed by atoms with E-state index in [1.54, 1.807) is 42.1 Å². The van der Waals surface area contributed by atoms with Crippen molar-refractivity contribution in [3.8, 4) is 5.69 Å². The Bertz CT molecular complexity index is 1090. The highest BCUT2D eigenvalue weighted by Gasteiger charge is 2.26. The Morgan fingerprint density at radius 3 is 2.61 bits per heavy atom. The average Bonchev–Trinajstić information content (AvgIpc) is 3.30. The smallest absolute Gasteiger partial charge is 0.275 e. The molecule has 1 saturated heterocycles. The fourth-order valence-electron chi connectivity index (χ4n) is 3.94.